The van der Waals surface area contributed by atoms with Crippen LogP contribution < -0.4 is 5.32 Å². The van der Waals surface area contributed by atoms with E-state index in [4.69, 9.17) is 9.47 Å². The largest absolute Gasteiger partial charge is 0.464 e. The van der Waals surface area contributed by atoms with E-state index in [0.717, 1.165) is 13.1 Å². The van der Waals surface area contributed by atoms with E-state index in [9.17, 15) is 4.79 Å². The van der Waals surface area contributed by atoms with Crippen LogP contribution in [0.3, 0.4) is 0 Å². The van der Waals surface area contributed by atoms with E-state index in [1.807, 2.05) is 0 Å². The van der Waals surface area contributed by atoms with E-state index in [1.165, 1.54) is 25.7 Å². The molecule has 1 aliphatic rings. The molecule has 0 spiro atoms. The van der Waals surface area contributed by atoms with Crippen LogP contribution in [0, 0.1) is 0 Å². The van der Waals surface area contributed by atoms with Crippen molar-refractivity contribution in [2.45, 2.75) is 38.1 Å². The Morgan fingerprint density at radius 3 is 2.58 bits per heavy atom. The molecule has 5 nitrogen and oxygen atoms in total. The van der Waals surface area contributed by atoms with Crippen molar-refractivity contribution in [3.8, 4) is 0 Å². The lowest BCUT2D eigenvalue weighted by atomic mass is 9.96. The molecule has 0 aromatic carbocycles. The molecular weight excluding hydrogens is 244 g/mol. The third-order valence-electron chi connectivity index (χ3n) is 3.89. The summed E-state index contributed by atoms with van der Waals surface area (Å²) in [5, 5.41) is 3.44. The van der Waals surface area contributed by atoms with Crippen LogP contribution in [0.4, 0.5) is 0 Å². The Balaban J connectivity index is 2.08. The number of carbonyl (C=O) groups excluding carboxylic acids is 1. The zero-order chi connectivity index (χ0) is 14.1. The number of hydrogen-bond acceptors (Lipinski definition) is 5. The third kappa shape index (κ3) is 5.47. The molecule has 1 saturated carbocycles. The fourth-order valence-corrected chi connectivity index (χ4v) is 2.64. The van der Waals surface area contributed by atoms with Gasteiger partial charge in [-0.3, -0.25) is 0 Å². The molecule has 5 heteroatoms. The lowest BCUT2D eigenvalue weighted by Crippen LogP contribution is -2.50. The van der Waals surface area contributed by atoms with Crippen molar-refractivity contribution < 1.29 is 14.3 Å². The summed E-state index contributed by atoms with van der Waals surface area (Å²) in [7, 11) is 4.31. The van der Waals surface area contributed by atoms with Crippen molar-refractivity contribution in [3.63, 3.8) is 0 Å². The summed E-state index contributed by atoms with van der Waals surface area (Å²) >= 11 is 0. The maximum Gasteiger partial charge on any atom is 0.332 e. The van der Waals surface area contributed by atoms with E-state index in [1.54, 1.807) is 6.92 Å². The van der Waals surface area contributed by atoms with Crippen molar-refractivity contribution in [3.05, 3.63) is 0 Å². The predicted octanol–water partition coefficient (Wildman–Crippen LogP) is 1.03. The first kappa shape index (κ1) is 16.4. The molecule has 1 aliphatic carbocycles. The zero-order valence-corrected chi connectivity index (χ0v) is 12.5. The highest BCUT2D eigenvalue weighted by atomic mass is 16.6. The van der Waals surface area contributed by atoms with Crippen LogP contribution in [0.25, 0.3) is 0 Å². The molecule has 0 aromatic rings. The fraction of sp³-hybridized carbons (Fsp3) is 0.929. The maximum absolute atomic E-state index is 11.1. The van der Waals surface area contributed by atoms with Crippen molar-refractivity contribution in [2.24, 2.45) is 0 Å². The van der Waals surface area contributed by atoms with Crippen LogP contribution in [-0.2, 0) is 14.3 Å². The second-order valence-corrected chi connectivity index (χ2v) is 5.36. The standard InChI is InChI=1S/C14H28N2O3/c1-4-19-13(17)11-18-10-9-15-12-14(16(2)3)7-5-6-8-14/h15H,4-12H2,1-3H3. The molecule has 0 atom stereocenters. The SMILES string of the molecule is CCOC(=O)COCCNCC1(N(C)C)CCCC1. The Kier molecular flexibility index (Phi) is 7.34. The van der Waals surface area contributed by atoms with Crippen LogP contribution in [0.1, 0.15) is 32.6 Å². The van der Waals surface area contributed by atoms with Crippen molar-refractivity contribution in [1.29, 1.82) is 0 Å². The summed E-state index contributed by atoms with van der Waals surface area (Å²) in [4.78, 5) is 13.4. The topological polar surface area (TPSA) is 50.8 Å². The van der Waals surface area contributed by atoms with Gasteiger partial charge < -0.3 is 19.7 Å². The van der Waals surface area contributed by atoms with Gasteiger partial charge in [-0.15, -0.1) is 0 Å². The van der Waals surface area contributed by atoms with Gasteiger partial charge in [0, 0.05) is 18.6 Å². The van der Waals surface area contributed by atoms with Crippen molar-refractivity contribution >= 4 is 5.97 Å². The molecule has 1 fully saturated rings. The molecule has 0 aromatic heterocycles. The number of rotatable bonds is 9. The fourth-order valence-electron chi connectivity index (χ4n) is 2.64. The summed E-state index contributed by atoms with van der Waals surface area (Å²) in [5.41, 5.74) is 0.307. The van der Waals surface area contributed by atoms with Gasteiger partial charge in [0.15, 0.2) is 0 Å². The Morgan fingerprint density at radius 1 is 1.32 bits per heavy atom. The van der Waals surface area contributed by atoms with E-state index in [-0.39, 0.29) is 12.6 Å². The average molecular weight is 272 g/mol. The third-order valence-corrected chi connectivity index (χ3v) is 3.89. The summed E-state index contributed by atoms with van der Waals surface area (Å²) in [6.07, 6.45) is 5.16. The number of ether oxygens (including phenoxy) is 2. The van der Waals surface area contributed by atoms with Gasteiger partial charge >= 0.3 is 5.97 Å². The van der Waals surface area contributed by atoms with Crippen molar-refractivity contribution in [2.75, 3.05) is 47.0 Å². The van der Waals surface area contributed by atoms with Crippen LogP contribution >= 0.6 is 0 Å². The van der Waals surface area contributed by atoms with Gasteiger partial charge in [-0.1, -0.05) is 12.8 Å². The van der Waals surface area contributed by atoms with Gasteiger partial charge in [-0.25, -0.2) is 4.79 Å². The van der Waals surface area contributed by atoms with Gasteiger partial charge in [0.2, 0.25) is 0 Å². The predicted molar refractivity (Wildman–Crippen MR) is 75.2 cm³/mol. The minimum Gasteiger partial charge on any atom is -0.464 e. The molecule has 0 heterocycles. The molecule has 0 aliphatic heterocycles. The summed E-state index contributed by atoms with van der Waals surface area (Å²) in [6, 6.07) is 0. The second-order valence-electron chi connectivity index (χ2n) is 5.36. The minimum atomic E-state index is -0.289. The first-order valence-corrected chi connectivity index (χ1v) is 7.22. The van der Waals surface area contributed by atoms with Gasteiger partial charge in [0.1, 0.15) is 6.61 Å². The number of carbonyl (C=O) groups is 1. The quantitative estimate of drug-likeness (QED) is 0.502. The van der Waals surface area contributed by atoms with E-state index in [0.29, 0.717) is 18.8 Å². The molecular formula is C14H28N2O3. The van der Waals surface area contributed by atoms with E-state index < -0.39 is 0 Å². The highest BCUT2D eigenvalue weighted by Crippen LogP contribution is 2.32. The molecule has 0 saturated heterocycles. The molecule has 0 bridgehead atoms. The Hall–Kier alpha value is -0.650. The zero-order valence-electron chi connectivity index (χ0n) is 12.5. The monoisotopic (exact) mass is 272 g/mol. The van der Waals surface area contributed by atoms with Gasteiger partial charge in [-0.2, -0.15) is 0 Å². The first-order chi connectivity index (χ1) is 9.10. The van der Waals surface area contributed by atoms with Gasteiger partial charge in [0.05, 0.1) is 13.2 Å². The lowest BCUT2D eigenvalue weighted by molar-refractivity contribution is -0.148. The number of nitrogens with zero attached hydrogens (tertiary/aromatic N) is 1. The van der Waals surface area contributed by atoms with Crippen LogP contribution in [-0.4, -0.2) is 63.4 Å². The van der Waals surface area contributed by atoms with E-state index in [2.05, 4.69) is 24.3 Å². The Bertz CT molecular complexity index is 263. The smallest absolute Gasteiger partial charge is 0.332 e. The van der Waals surface area contributed by atoms with Crippen LogP contribution in [0.2, 0.25) is 0 Å². The summed E-state index contributed by atoms with van der Waals surface area (Å²) < 4.78 is 10.0. The number of likely N-dealkylation sites (N-methyl/N-ethyl adjacent to an activating group) is 1. The molecule has 0 amide bonds. The summed E-state index contributed by atoms with van der Waals surface area (Å²) in [5.74, 6) is -0.289. The van der Waals surface area contributed by atoms with Crippen LogP contribution in [0.15, 0.2) is 0 Å². The number of esters is 1. The highest BCUT2D eigenvalue weighted by Gasteiger charge is 2.35. The van der Waals surface area contributed by atoms with Gasteiger partial charge in [-0.05, 0) is 33.9 Å². The maximum atomic E-state index is 11.1. The number of hydrogen-bond donors (Lipinski definition) is 1. The normalized spacial score (nSPS) is 17.9. The second kappa shape index (κ2) is 8.51. The van der Waals surface area contributed by atoms with Crippen LogP contribution in [0.5, 0.6) is 0 Å². The molecule has 112 valence electrons. The minimum absolute atomic E-state index is 0.0499. The Labute approximate surface area is 116 Å². The van der Waals surface area contributed by atoms with Crippen molar-refractivity contribution in [1.82, 2.24) is 10.2 Å². The van der Waals surface area contributed by atoms with Gasteiger partial charge in [0.25, 0.3) is 0 Å². The molecule has 19 heavy (non-hydrogen) atoms. The average Bonchev–Trinajstić information content (AvgIpc) is 2.84. The first-order valence-electron chi connectivity index (χ1n) is 7.22. The number of nitrogens with one attached hydrogen (secondary N) is 1. The lowest BCUT2D eigenvalue weighted by Gasteiger charge is -2.36. The highest BCUT2D eigenvalue weighted by molar-refractivity contribution is 5.70. The molecule has 0 unspecified atom stereocenters. The van der Waals surface area contributed by atoms with E-state index >= 15 is 0 Å². The Morgan fingerprint density at radius 2 is 2.00 bits per heavy atom. The molecule has 0 radical (unpaired) electrons. The summed E-state index contributed by atoms with van der Waals surface area (Å²) in [6.45, 7) is 4.56. The molecule has 1 N–H and O–H groups in total. The molecule has 1 rings (SSSR count).